The molecule has 102 valence electrons. The van der Waals surface area contributed by atoms with Crippen LogP contribution in [0, 0.1) is 20.8 Å². The van der Waals surface area contributed by atoms with E-state index in [9.17, 15) is 0 Å². The van der Waals surface area contributed by atoms with Gasteiger partial charge in [0.05, 0.1) is 0 Å². The van der Waals surface area contributed by atoms with Crippen LogP contribution in [0.15, 0.2) is 28.0 Å². The van der Waals surface area contributed by atoms with E-state index in [4.69, 9.17) is 9.47 Å². The Hall–Kier alpha value is -1.26. The van der Waals surface area contributed by atoms with Crippen LogP contribution in [0.2, 0.25) is 0 Å². The van der Waals surface area contributed by atoms with Crippen LogP contribution in [0.25, 0.3) is 11.1 Å². The van der Waals surface area contributed by atoms with Crippen molar-refractivity contribution in [2.24, 2.45) is 0 Å². The molecule has 0 radical (unpaired) electrons. The van der Waals surface area contributed by atoms with Gasteiger partial charge in [-0.05, 0) is 55.7 Å². The maximum absolute atomic E-state index is 5.76. The summed E-state index contributed by atoms with van der Waals surface area (Å²) in [6.45, 7) is 6.72. The second kappa shape index (κ2) is 4.37. The van der Waals surface area contributed by atoms with E-state index in [2.05, 4.69) is 39.0 Å². The molecule has 0 unspecified atom stereocenters. The number of aryl methyl sites for hydroxylation is 3. The molecule has 2 aliphatic heterocycles. The van der Waals surface area contributed by atoms with E-state index in [-0.39, 0.29) is 0 Å². The second-order valence-electron chi connectivity index (χ2n) is 5.23. The lowest BCUT2D eigenvalue weighted by molar-refractivity contribution is 0.173. The van der Waals surface area contributed by atoms with Crippen LogP contribution in [0.5, 0.6) is 11.5 Å². The van der Waals surface area contributed by atoms with E-state index < -0.39 is 0 Å². The summed E-state index contributed by atoms with van der Waals surface area (Å²) in [5, 5.41) is 0. The van der Waals surface area contributed by atoms with Gasteiger partial charge < -0.3 is 9.47 Å². The lowest BCUT2D eigenvalue weighted by Gasteiger charge is -2.22. The Morgan fingerprint density at radius 2 is 1.45 bits per heavy atom. The molecule has 0 N–H and O–H groups in total. The summed E-state index contributed by atoms with van der Waals surface area (Å²) in [6, 6.07) is 6.75. The number of ether oxygens (including phenoxy) is 2. The van der Waals surface area contributed by atoms with E-state index >= 15 is 0 Å². The molecule has 0 saturated carbocycles. The van der Waals surface area contributed by atoms with E-state index in [1.54, 1.807) is 0 Å². The lowest BCUT2D eigenvalue weighted by Crippen LogP contribution is -1.96. The summed E-state index contributed by atoms with van der Waals surface area (Å²) in [7, 11) is 3.64. The Balaban J connectivity index is 2.05. The fourth-order valence-electron chi connectivity index (χ4n) is 2.67. The first-order chi connectivity index (χ1) is 9.65. The molecule has 0 aliphatic carbocycles. The predicted molar refractivity (Wildman–Crippen MR) is 83.9 cm³/mol. The summed E-state index contributed by atoms with van der Waals surface area (Å²) in [4.78, 5) is 2.58. The van der Waals surface area contributed by atoms with Gasteiger partial charge in [-0.15, -0.1) is 0 Å². The largest absolute Gasteiger partial charge is 0.453 e. The first kappa shape index (κ1) is 12.5. The lowest BCUT2D eigenvalue weighted by atomic mass is 9.98. The van der Waals surface area contributed by atoms with Crippen molar-refractivity contribution in [3.63, 3.8) is 0 Å². The SMILES string of the molecule is Cc1cc2c(cc1C)-c1c(cc(C)c3c1OCO3)SS2. The van der Waals surface area contributed by atoms with Crippen molar-refractivity contribution < 1.29 is 9.47 Å². The fraction of sp³-hybridized carbons (Fsp3) is 0.250. The van der Waals surface area contributed by atoms with Gasteiger partial charge in [0, 0.05) is 20.9 Å². The zero-order chi connectivity index (χ0) is 13.9. The third kappa shape index (κ3) is 1.68. The number of hydrogen-bond donors (Lipinski definition) is 0. The van der Waals surface area contributed by atoms with Crippen LogP contribution in [-0.2, 0) is 0 Å². The normalized spacial score (nSPS) is 14.9. The van der Waals surface area contributed by atoms with Gasteiger partial charge in [-0.3, -0.25) is 0 Å². The average Bonchev–Trinajstić information content (AvgIpc) is 2.90. The monoisotopic (exact) mass is 302 g/mol. The Bertz CT molecular complexity index is 738. The molecular formula is C16H14O2S2. The van der Waals surface area contributed by atoms with Gasteiger partial charge in [-0.25, -0.2) is 0 Å². The molecule has 2 heterocycles. The van der Waals surface area contributed by atoms with E-state index in [0.717, 1.165) is 17.1 Å². The number of benzene rings is 2. The zero-order valence-electron chi connectivity index (χ0n) is 11.6. The number of rotatable bonds is 0. The Morgan fingerprint density at radius 1 is 0.800 bits per heavy atom. The van der Waals surface area contributed by atoms with Gasteiger partial charge in [0.2, 0.25) is 6.79 Å². The number of hydrogen-bond acceptors (Lipinski definition) is 4. The molecule has 0 fully saturated rings. The fourth-order valence-corrected chi connectivity index (χ4v) is 5.18. The van der Waals surface area contributed by atoms with Crippen LogP contribution in [0.3, 0.4) is 0 Å². The molecule has 4 heteroatoms. The molecule has 0 bridgehead atoms. The summed E-state index contributed by atoms with van der Waals surface area (Å²) in [5.74, 6) is 1.82. The summed E-state index contributed by atoms with van der Waals surface area (Å²) < 4.78 is 11.4. The van der Waals surface area contributed by atoms with Gasteiger partial charge in [-0.1, -0.05) is 21.6 Å². The Kier molecular flexibility index (Phi) is 2.72. The maximum atomic E-state index is 5.76. The minimum atomic E-state index is 0.324. The number of fused-ring (bicyclic) bond motifs is 5. The molecule has 2 aromatic rings. The highest BCUT2D eigenvalue weighted by atomic mass is 33.1. The van der Waals surface area contributed by atoms with Crippen molar-refractivity contribution >= 4 is 21.6 Å². The van der Waals surface area contributed by atoms with Crippen LogP contribution < -0.4 is 9.47 Å². The minimum Gasteiger partial charge on any atom is -0.453 e. The predicted octanol–water partition coefficient (Wildman–Crippen LogP) is 5.12. The van der Waals surface area contributed by atoms with E-state index in [1.807, 2.05) is 21.6 Å². The maximum Gasteiger partial charge on any atom is 0.231 e. The molecule has 2 aromatic carbocycles. The van der Waals surface area contributed by atoms with Gasteiger partial charge in [0.25, 0.3) is 0 Å². The first-order valence-electron chi connectivity index (χ1n) is 6.54. The summed E-state index contributed by atoms with van der Waals surface area (Å²) in [5.41, 5.74) is 6.27. The van der Waals surface area contributed by atoms with Gasteiger partial charge in [0.15, 0.2) is 11.5 Å². The quantitative estimate of drug-likeness (QED) is 0.628. The molecule has 20 heavy (non-hydrogen) atoms. The summed E-state index contributed by atoms with van der Waals surface area (Å²) >= 11 is 0. The smallest absolute Gasteiger partial charge is 0.231 e. The topological polar surface area (TPSA) is 18.5 Å². The van der Waals surface area contributed by atoms with Gasteiger partial charge >= 0.3 is 0 Å². The highest BCUT2D eigenvalue weighted by Gasteiger charge is 2.29. The standard InChI is InChI=1S/C16H14O2S2/c1-8-4-11-12(5-9(8)2)19-20-13-6-10(3)15-16(14(11)13)18-7-17-15/h4-6H,7H2,1-3H3. The first-order valence-corrected chi connectivity index (χ1v) is 8.69. The minimum absolute atomic E-state index is 0.324. The van der Waals surface area contributed by atoms with E-state index in [1.165, 1.54) is 32.0 Å². The molecule has 4 rings (SSSR count). The van der Waals surface area contributed by atoms with Gasteiger partial charge in [0.1, 0.15) is 0 Å². The molecule has 0 saturated heterocycles. The van der Waals surface area contributed by atoms with Crippen molar-refractivity contribution in [2.45, 2.75) is 30.6 Å². The Morgan fingerprint density at radius 3 is 2.30 bits per heavy atom. The highest BCUT2D eigenvalue weighted by Crippen LogP contribution is 2.58. The van der Waals surface area contributed by atoms with Crippen molar-refractivity contribution in [3.8, 4) is 22.6 Å². The molecule has 0 amide bonds. The van der Waals surface area contributed by atoms with Crippen LogP contribution in [0.4, 0.5) is 0 Å². The summed E-state index contributed by atoms with van der Waals surface area (Å²) in [6.07, 6.45) is 0. The third-order valence-corrected chi connectivity index (χ3v) is 6.31. The molecule has 2 nitrogen and oxygen atoms in total. The highest BCUT2D eigenvalue weighted by molar-refractivity contribution is 8.76. The van der Waals surface area contributed by atoms with E-state index in [0.29, 0.717) is 6.79 Å². The molecule has 0 aromatic heterocycles. The third-order valence-electron chi connectivity index (χ3n) is 3.88. The average molecular weight is 302 g/mol. The van der Waals surface area contributed by atoms with Crippen molar-refractivity contribution in [3.05, 3.63) is 34.9 Å². The second-order valence-corrected chi connectivity index (χ2v) is 7.44. The zero-order valence-corrected chi connectivity index (χ0v) is 13.2. The van der Waals surface area contributed by atoms with Crippen molar-refractivity contribution in [1.82, 2.24) is 0 Å². The van der Waals surface area contributed by atoms with Crippen molar-refractivity contribution in [2.75, 3.05) is 6.79 Å². The molecule has 0 spiro atoms. The van der Waals surface area contributed by atoms with Crippen LogP contribution >= 0.6 is 21.6 Å². The van der Waals surface area contributed by atoms with Crippen LogP contribution in [0.1, 0.15) is 16.7 Å². The van der Waals surface area contributed by atoms with Crippen molar-refractivity contribution in [1.29, 1.82) is 0 Å². The Labute approximate surface area is 126 Å². The molecule has 2 aliphatic rings. The van der Waals surface area contributed by atoms with Crippen LogP contribution in [-0.4, -0.2) is 6.79 Å². The molecule has 0 atom stereocenters. The molecular weight excluding hydrogens is 288 g/mol. The van der Waals surface area contributed by atoms with Gasteiger partial charge in [-0.2, -0.15) is 0 Å².